The van der Waals surface area contributed by atoms with Gasteiger partial charge in [0.1, 0.15) is 12.4 Å². The van der Waals surface area contributed by atoms with Gasteiger partial charge in [-0.1, -0.05) is 27.5 Å². The summed E-state index contributed by atoms with van der Waals surface area (Å²) in [7, 11) is 1.87. The Balaban J connectivity index is 2.06. The quantitative estimate of drug-likeness (QED) is 0.917. The van der Waals surface area contributed by atoms with E-state index in [1.54, 1.807) is 12.3 Å². The van der Waals surface area contributed by atoms with Crippen LogP contribution >= 0.6 is 27.5 Å². The molecule has 0 unspecified atom stereocenters. The Morgan fingerprint density at radius 1 is 1.33 bits per heavy atom. The number of hydrogen-bond acceptors (Lipinski definition) is 3. The van der Waals surface area contributed by atoms with E-state index < -0.39 is 0 Å². The normalized spacial score (nSPS) is 10.2. The highest BCUT2D eigenvalue weighted by Crippen LogP contribution is 2.28. The molecule has 3 nitrogen and oxygen atoms in total. The minimum absolute atomic E-state index is 0.386. The first kappa shape index (κ1) is 13.2. The molecule has 2 rings (SSSR count). The average molecular weight is 328 g/mol. The molecule has 0 bridgehead atoms. The molecule has 2 aromatic rings. The number of anilines is 1. The Morgan fingerprint density at radius 2 is 2.17 bits per heavy atom. The van der Waals surface area contributed by atoms with Gasteiger partial charge in [-0.2, -0.15) is 0 Å². The van der Waals surface area contributed by atoms with E-state index in [1.807, 2.05) is 31.3 Å². The fourth-order valence-electron chi connectivity index (χ4n) is 1.46. The molecule has 1 N–H and O–H groups in total. The van der Waals surface area contributed by atoms with Crippen LogP contribution in [0.15, 0.2) is 41.0 Å². The standard InChI is InChI=1S/C13H12BrClN2O/c1-16-10-4-5-17-11(7-10)8-18-13-3-2-9(14)6-12(13)15/h2-7H,8H2,1H3,(H,16,17). The van der Waals surface area contributed by atoms with E-state index >= 15 is 0 Å². The molecule has 18 heavy (non-hydrogen) atoms. The van der Waals surface area contributed by atoms with Gasteiger partial charge in [-0.15, -0.1) is 0 Å². The van der Waals surface area contributed by atoms with Crippen LogP contribution in [0.3, 0.4) is 0 Å². The lowest BCUT2D eigenvalue weighted by Gasteiger charge is -2.08. The van der Waals surface area contributed by atoms with Crippen molar-refractivity contribution >= 4 is 33.2 Å². The first-order valence-electron chi connectivity index (χ1n) is 5.39. The summed E-state index contributed by atoms with van der Waals surface area (Å²) in [5.41, 5.74) is 1.85. The van der Waals surface area contributed by atoms with Crippen molar-refractivity contribution in [3.8, 4) is 5.75 Å². The van der Waals surface area contributed by atoms with Gasteiger partial charge in [0.15, 0.2) is 0 Å². The van der Waals surface area contributed by atoms with Gasteiger partial charge < -0.3 is 10.1 Å². The summed E-state index contributed by atoms with van der Waals surface area (Å²) in [6.07, 6.45) is 1.74. The second-order valence-corrected chi connectivity index (χ2v) is 4.97. The largest absolute Gasteiger partial charge is 0.486 e. The van der Waals surface area contributed by atoms with E-state index in [0.29, 0.717) is 17.4 Å². The van der Waals surface area contributed by atoms with Crippen molar-refractivity contribution in [2.24, 2.45) is 0 Å². The Bertz CT molecular complexity index is 548. The number of rotatable bonds is 4. The number of benzene rings is 1. The van der Waals surface area contributed by atoms with Crippen LogP contribution in [0.2, 0.25) is 5.02 Å². The van der Waals surface area contributed by atoms with Crippen LogP contribution in [0.1, 0.15) is 5.69 Å². The maximum atomic E-state index is 6.07. The summed E-state index contributed by atoms with van der Waals surface area (Å²) in [5, 5.41) is 3.63. The van der Waals surface area contributed by atoms with Gasteiger partial charge in [-0.3, -0.25) is 4.98 Å². The highest BCUT2D eigenvalue weighted by Gasteiger charge is 2.03. The molecule has 0 fully saturated rings. The topological polar surface area (TPSA) is 34.2 Å². The maximum Gasteiger partial charge on any atom is 0.138 e. The van der Waals surface area contributed by atoms with Gasteiger partial charge in [-0.05, 0) is 30.3 Å². The van der Waals surface area contributed by atoms with Gasteiger partial charge in [0.2, 0.25) is 0 Å². The number of nitrogens with one attached hydrogen (secondary N) is 1. The molecular formula is C13H12BrClN2O. The molecule has 0 aliphatic carbocycles. The molecule has 0 amide bonds. The lowest BCUT2D eigenvalue weighted by Crippen LogP contribution is -1.99. The smallest absolute Gasteiger partial charge is 0.138 e. The lowest BCUT2D eigenvalue weighted by molar-refractivity contribution is 0.301. The molecule has 0 spiro atoms. The van der Waals surface area contributed by atoms with Crippen LogP contribution in [-0.2, 0) is 6.61 Å². The van der Waals surface area contributed by atoms with Crippen molar-refractivity contribution in [1.29, 1.82) is 0 Å². The third kappa shape index (κ3) is 3.37. The zero-order chi connectivity index (χ0) is 13.0. The number of ether oxygens (including phenoxy) is 1. The van der Waals surface area contributed by atoms with E-state index in [2.05, 4.69) is 26.2 Å². The van der Waals surface area contributed by atoms with Gasteiger partial charge >= 0.3 is 0 Å². The summed E-state index contributed by atoms with van der Waals surface area (Å²) in [5.74, 6) is 0.650. The molecule has 0 saturated heterocycles. The number of pyridine rings is 1. The molecule has 1 aromatic carbocycles. The third-order valence-electron chi connectivity index (χ3n) is 2.37. The first-order chi connectivity index (χ1) is 8.69. The van der Waals surface area contributed by atoms with Crippen molar-refractivity contribution in [2.45, 2.75) is 6.61 Å². The van der Waals surface area contributed by atoms with Crippen molar-refractivity contribution in [3.05, 3.63) is 51.7 Å². The SMILES string of the molecule is CNc1ccnc(COc2ccc(Br)cc2Cl)c1. The van der Waals surface area contributed by atoms with Crippen LogP contribution in [0.25, 0.3) is 0 Å². The molecule has 1 heterocycles. The van der Waals surface area contributed by atoms with Crippen molar-refractivity contribution < 1.29 is 4.74 Å². The van der Waals surface area contributed by atoms with Crippen LogP contribution in [0.4, 0.5) is 5.69 Å². The van der Waals surface area contributed by atoms with Crippen LogP contribution < -0.4 is 10.1 Å². The van der Waals surface area contributed by atoms with Gasteiger partial charge in [-0.25, -0.2) is 0 Å². The molecule has 1 aromatic heterocycles. The van der Waals surface area contributed by atoms with Crippen LogP contribution in [0.5, 0.6) is 5.75 Å². The number of nitrogens with zero attached hydrogens (tertiary/aromatic N) is 1. The first-order valence-corrected chi connectivity index (χ1v) is 6.56. The minimum Gasteiger partial charge on any atom is -0.486 e. The third-order valence-corrected chi connectivity index (χ3v) is 3.16. The number of aromatic nitrogens is 1. The predicted molar refractivity (Wildman–Crippen MR) is 77.3 cm³/mol. The molecule has 0 aliphatic heterocycles. The van der Waals surface area contributed by atoms with Crippen LogP contribution in [0, 0.1) is 0 Å². The van der Waals surface area contributed by atoms with Crippen molar-refractivity contribution in [2.75, 3.05) is 12.4 Å². The van der Waals surface area contributed by atoms with Crippen molar-refractivity contribution in [3.63, 3.8) is 0 Å². The lowest BCUT2D eigenvalue weighted by atomic mass is 10.3. The Morgan fingerprint density at radius 3 is 2.89 bits per heavy atom. The molecular weight excluding hydrogens is 316 g/mol. The second kappa shape index (κ2) is 6.07. The molecule has 94 valence electrons. The van der Waals surface area contributed by atoms with Gasteiger partial charge in [0, 0.05) is 23.4 Å². The van der Waals surface area contributed by atoms with E-state index in [9.17, 15) is 0 Å². The molecule has 0 atom stereocenters. The Labute approximate surface area is 119 Å². The second-order valence-electron chi connectivity index (χ2n) is 3.65. The summed E-state index contributed by atoms with van der Waals surface area (Å²) < 4.78 is 6.56. The number of halogens is 2. The van der Waals surface area contributed by atoms with Gasteiger partial charge in [0.05, 0.1) is 10.7 Å². The Hall–Kier alpha value is -1.26. The van der Waals surface area contributed by atoms with E-state index in [-0.39, 0.29) is 0 Å². The van der Waals surface area contributed by atoms with Crippen molar-refractivity contribution in [1.82, 2.24) is 4.98 Å². The van der Waals surface area contributed by atoms with Crippen LogP contribution in [-0.4, -0.2) is 12.0 Å². The van der Waals surface area contributed by atoms with E-state index in [4.69, 9.17) is 16.3 Å². The van der Waals surface area contributed by atoms with E-state index in [0.717, 1.165) is 15.9 Å². The highest BCUT2D eigenvalue weighted by molar-refractivity contribution is 9.10. The maximum absolute atomic E-state index is 6.07. The fraction of sp³-hybridized carbons (Fsp3) is 0.154. The van der Waals surface area contributed by atoms with Gasteiger partial charge in [0.25, 0.3) is 0 Å². The molecule has 0 radical (unpaired) electrons. The summed E-state index contributed by atoms with van der Waals surface area (Å²) >= 11 is 9.42. The summed E-state index contributed by atoms with van der Waals surface area (Å²) in [6, 6.07) is 9.35. The van der Waals surface area contributed by atoms with E-state index in [1.165, 1.54) is 0 Å². The summed E-state index contributed by atoms with van der Waals surface area (Å²) in [4.78, 5) is 4.23. The highest BCUT2D eigenvalue weighted by atomic mass is 79.9. The minimum atomic E-state index is 0.386. The monoisotopic (exact) mass is 326 g/mol. The Kier molecular flexibility index (Phi) is 4.44. The molecule has 0 saturated carbocycles. The number of hydrogen-bond donors (Lipinski definition) is 1. The zero-order valence-electron chi connectivity index (χ0n) is 9.78. The predicted octanol–water partition coefficient (Wildman–Crippen LogP) is 4.12. The summed E-state index contributed by atoms with van der Waals surface area (Å²) in [6.45, 7) is 0.386. The zero-order valence-corrected chi connectivity index (χ0v) is 12.1. The molecule has 5 heteroatoms. The fourth-order valence-corrected chi connectivity index (χ4v) is 2.18. The molecule has 0 aliphatic rings. The average Bonchev–Trinajstić information content (AvgIpc) is 2.38.